The fraction of sp³-hybridized carbons (Fsp3) is 0.571. The van der Waals surface area contributed by atoms with Crippen LogP contribution in [0.3, 0.4) is 0 Å². The Balaban J connectivity index is 1.81. The number of aliphatic hydroxyl groups excluding tert-OH is 1. The molecule has 4 atom stereocenters. The van der Waals surface area contributed by atoms with Gasteiger partial charge in [-0.3, -0.25) is 0 Å². The molecule has 3 nitrogen and oxygen atoms in total. The highest BCUT2D eigenvalue weighted by molar-refractivity contribution is 5.19. The van der Waals surface area contributed by atoms with E-state index < -0.39 is 11.9 Å². The fourth-order valence-corrected chi connectivity index (χ4v) is 2.85. The predicted molar refractivity (Wildman–Crippen MR) is 63.4 cm³/mol. The molecule has 2 bridgehead atoms. The van der Waals surface area contributed by atoms with Gasteiger partial charge >= 0.3 is 0 Å². The first kappa shape index (κ1) is 11.2. The topological polar surface area (TPSA) is 38.7 Å². The Morgan fingerprint density at radius 2 is 2.06 bits per heavy atom. The van der Waals surface area contributed by atoms with E-state index in [1.807, 2.05) is 37.3 Å². The van der Waals surface area contributed by atoms with E-state index in [-0.39, 0.29) is 12.2 Å². The van der Waals surface area contributed by atoms with Gasteiger partial charge in [-0.05, 0) is 25.3 Å². The molecule has 1 aromatic rings. The number of aliphatic hydroxyl groups is 1. The number of rotatable bonds is 2. The molecule has 2 saturated heterocycles. The summed E-state index contributed by atoms with van der Waals surface area (Å²) < 4.78 is 11.8. The highest BCUT2D eigenvalue weighted by atomic mass is 16.8. The van der Waals surface area contributed by atoms with E-state index in [1.54, 1.807) is 0 Å². The first-order valence-electron chi connectivity index (χ1n) is 6.27. The predicted octanol–water partition coefficient (Wildman–Crippen LogP) is 2.40. The van der Waals surface area contributed by atoms with Gasteiger partial charge in [0.2, 0.25) is 0 Å². The average molecular weight is 234 g/mol. The second-order valence-electron chi connectivity index (χ2n) is 5.12. The summed E-state index contributed by atoms with van der Waals surface area (Å²) in [5, 5.41) is 10.4. The Kier molecular flexibility index (Phi) is 2.69. The smallest absolute Gasteiger partial charge is 0.166 e. The van der Waals surface area contributed by atoms with Gasteiger partial charge in [0.25, 0.3) is 0 Å². The molecule has 0 aromatic heterocycles. The van der Waals surface area contributed by atoms with Crippen LogP contribution in [0, 0.1) is 0 Å². The van der Waals surface area contributed by atoms with Gasteiger partial charge in [0.1, 0.15) is 12.2 Å². The minimum absolute atomic E-state index is 0.0314. The molecule has 2 aliphatic rings. The maximum Gasteiger partial charge on any atom is 0.166 e. The van der Waals surface area contributed by atoms with E-state index in [4.69, 9.17) is 9.47 Å². The molecule has 0 amide bonds. The average Bonchev–Trinajstić information content (AvgIpc) is 2.59. The Morgan fingerprint density at radius 1 is 1.29 bits per heavy atom. The van der Waals surface area contributed by atoms with Gasteiger partial charge in [-0.1, -0.05) is 30.3 Å². The Bertz CT molecular complexity index is 392. The van der Waals surface area contributed by atoms with E-state index >= 15 is 0 Å². The summed E-state index contributed by atoms with van der Waals surface area (Å²) in [6.45, 7) is 1.97. The lowest BCUT2D eigenvalue weighted by atomic mass is 9.96. The van der Waals surface area contributed by atoms with Crippen molar-refractivity contribution < 1.29 is 14.6 Å². The zero-order valence-electron chi connectivity index (χ0n) is 10.0. The molecule has 2 fully saturated rings. The summed E-state index contributed by atoms with van der Waals surface area (Å²) in [5.41, 5.74) is 0.900. The monoisotopic (exact) mass is 234 g/mol. The highest BCUT2D eigenvalue weighted by Crippen LogP contribution is 2.43. The summed E-state index contributed by atoms with van der Waals surface area (Å²) in [7, 11) is 0. The number of hydrogen-bond acceptors (Lipinski definition) is 3. The van der Waals surface area contributed by atoms with E-state index in [0.717, 1.165) is 24.8 Å². The van der Waals surface area contributed by atoms with Crippen LogP contribution in [-0.4, -0.2) is 23.1 Å². The van der Waals surface area contributed by atoms with Crippen LogP contribution in [-0.2, 0) is 9.47 Å². The molecule has 0 unspecified atom stereocenters. The molecule has 92 valence electrons. The van der Waals surface area contributed by atoms with Crippen LogP contribution in [0.2, 0.25) is 0 Å². The minimum Gasteiger partial charge on any atom is -0.386 e. The Hall–Kier alpha value is -0.900. The molecule has 2 aliphatic heterocycles. The van der Waals surface area contributed by atoms with Crippen LogP contribution in [0.1, 0.15) is 37.9 Å². The van der Waals surface area contributed by atoms with Crippen LogP contribution in [0.25, 0.3) is 0 Å². The minimum atomic E-state index is -0.596. The largest absolute Gasteiger partial charge is 0.386 e. The molecule has 0 saturated carbocycles. The van der Waals surface area contributed by atoms with Crippen LogP contribution in [0.5, 0.6) is 0 Å². The van der Waals surface area contributed by atoms with Crippen molar-refractivity contribution in [1.82, 2.24) is 0 Å². The molecule has 0 radical (unpaired) electrons. The van der Waals surface area contributed by atoms with Crippen molar-refractivity contribution in [2.45, 2.75) is 50.3 Å². The first-order chi connectivity index (χ1) is 8.18. The summed E-state index contributed by atoms with van der Waals surface area (Å²) in [6.07, 6.45) is 2.21. The molecule has 17 heavy (non-hydrogen) atoms. The lowest BCUT2D eigenvalue weighted by Gasteiger charge is -2.26. The van der Waals surface area contributed by atoms with Crippen molar-refractivity contribution in [3.63, 3.8) is 0 Å². The van der Waals surface area contributed by atoms with Gasteiger partial charge in [0, 0.05) is 6.42 Å². The highest BCUT2D eigenvalue weighted by Gasteiger charge is 2.49. The molecule has 2 heterocycles. The molecule has 0 spiro atoms. The molecular formula is C14H18O3. The van der Waals surface area contributed by atoms with Gasteiger partial charge in [-0.25, -0.2) is 0 Å². The fourth-order valence-electron chi connectivity index (χ4n) is 2.85. The zero-order valence-corrected chi connectivity index (χ0v) is 10.0. The standard InChI is InChI=1S/C14H18O3/c1-14-9-5-8-11(16-14)13(17-14)12(15)10-6-3-2-4-7-10/h2-4,6-7,11-13,15H,5,8-9H2,1H3/t11-,12-,13+,14-/m1/s1. The Morgan fingerprint density at radius 3 is 2.76 bits per heavy atom. The SMILES string of the molecule is C[C@@]12CCC[C@@H](O1)[C@@H]([C@H](O)c1ccccc1)O2. The van der Waals surface area contributed by atoms with E-state index in [9.17, 15) is 5.11 Å². The maximum absolute atomic E-state index is 10.4. The quantitative estimate of drug-likeness (QED) is 0.854. The van der Waals surface area contributed by atoms with Crippen LogP contribution in [0.15, 0.2) is 30.3 Å². The number of fused-ring (bicyclic) bond motifs is 2. The molecule has 1 N–H and O–H groups in total. The summed E-state index contributed by atoms with van der Waals surface area (Å²) in [4.78, 5) is 0. The number of ether oxygens (including phenoxy) is 2. The maximum atomic E-state index is 10.4. The van der Waals surface area contributed by atoms with Gasteiger partial charge in [-0.15, -0.1) is 0 Å². The third-order valence-corrected chi connectivity index (χ3v) is 3.72. The Labute approximate surface area is 101 Å². The first-order valence-corrected chi connectivity index (χ1v) is 6.27. The lowest BCUT2D eigenvalue weighted by molar-refractivity contribution is -0.184. The van der Waals surface area contributed by atoms with Gasteiger partial charge in [0.05, 0.1) is 6.10 Å². The van der Waals surface area contributed by atoms with E-state index in [1.165, 1.54) is 0 Å². The summed E-state index contributed by atoms with van der Waals surface area (Å²) >= 11 is 0. The molecule has 1 aromatic carbocycles. The summed E-state index contributed by atoms with van der Waals surface area (Å²) in [5.74, 6) is -0.483. The molecule has 3 rings (SSSR count). The molecular weight excluding hydrogens is 216 g/mol. The number of hydrogen-bond donors (Lipinski definition) is 1. The van der Waals surface area contributed by atoms with Gasteiger partial charge < -0.3 is 14.6 Å². The normalized spacial score (nSPS) is 38.0. The van der Waals surface area contributed by atoms with Crippen LogP contribution in [0.4, 0.5) is 0 Å². The summed E-state index contributed by atoms with van der Waals surface area (Å²) in [6, 6.07) is 9.67. The molecule has 0 aliphatic carbocycles. The van der Waals surface area contributed by atoms with Gasteiger partial charge in [-0.2, -0.15) is 0 Å². The third kappa shape index (κ3) is 1.99. The van der Waals surface area contributed by atoms with Crippen molar-refractivity contribution in [3.05, 3.63) is 35.9 Å². The second-order valence-corrected chi connectivity index (χ2v) is 5.12. The van der Waals surface area contributed by atoms with E-state index in [0.29, 0.717) is 0 Å². The van der Waals surface area contributed by atoms with Crippen molar-refractivity contribution in [1.29, 1.82) is 0 Å². The van der Waals surface area contributed by atoms with Crippen molar-refractivity contribution in [3.8, 4) is 0 Å². The third-order valence-electron chi connectivity index (χ3n) is 3.72. The van der Waals surface area contributed by atoms with Crippen molar-refractivity contribution in [2.75, 3.05) is 0 Å². The lowest BCUT2D eigenvalue weighted by Crippen LogP contribution is -2.30. The number of benzene rings is 1. The van der Waals surface area contributed by atoms with Crippen LogP contribution < -0.4 is 0 Å². The van der Waals surface area contributed by atoms with Crippen LogP contribution >= 0.6 is 0 Å². The second kappa shape index (κ2) is 4.09. The zero-order chi connectivity index (χ0) is 11.9. The van der Waals surface area contributed by atoms with Gasteiger partial charge in [0.15, 0.2) is 5.79 Å². The van der Waals surface area contributed by atoms with Crippen molar-refractivity contribution in [2.24, 2.45) is 0 Å². The molecule has 3 heteroatoms. The van der Waals surface area contributed by atoms with Crippen molar-refractivity contribution >= 4 is 0 Å². The van der Waals surface area contributed by atoms with E-state index in [2.05, 4.69) is 0 Å².